The Morgan fingerprint density at radius 1 is 1.44 bits per heavy atom. The first-order valence-electron chi connectivity index (χ1n) is 5.60. The van der Waals surface area contributed by atoms with Crippen molar-refractivity contribution in [3.63, 3.8) is 0 Å². The van der Waals surface area contributed by atoms with Gasteiger partial charge in [0.2, 0.25) is 0 Å². The van der Waals surface area contributed by atoms with Crippen LogP contribution >= 0.6 is 0 Å². The van der Waals surface area contributed by atoms with Crippen LogP contribution in [0.2, 0.25) is 0 Å². The van der Waals surface area contributed by atoms with Crippen molar-refractivity contribution in [2.75, 3.05) is 33.9 Å². The second-order valence-electron chi connectivity index (χ2n) is 4.84. The van der Waals surface area contributed by atoms with Crippen molar-refractivity contribution in [1.29, 1.82) is 0 Å². The molecule has 0 aromatic heterocycles. The molecule has 0 saturated heterocycles. The van der Waals surface area contributed by atoms with Crippen molar-refractivity contribution in [3.05, 3.63) is 0 Å². The van der Waals surface area contributed by atoms with Gasteiger partial charge in [-0.25, -0.2) is 4.79 Å². The van der Waals surface area contributed by atoms with Gasteiger partial charge >= 0.3 is 12.0 Å². The van der Waals surface area contributed by atoms with E-state index in [2.05, 4.69) is 5.32 Å². The van der Waals surface area contributed by atoms with Gasteiger partial charge in [0.05, 0.1) is 24.7 Å². The summed E-state index contributed by atoms with van der Waals surface area (Å²) in [5, 5.41) is 20.8. The third-order valence-corrected chi connectivity index (χ3v) is 2.45. The number of hydrogen-bond donors (Lipinski definition) is 3. The van der Waals surface area contributed by atoms with Crippen LogP contribution in [0.1, 0.15) is 13.8 Å². The molecule has 0 aliphatic heterocycles. The van der Waals surface area contributed by atoms with Gasteiger partial charge in [0.25, 0.3) is 0 Å². The third-order valence-electron chi connectivity index (χ3n) is 2.45. The summed E-state index contributed by atoms with van der Waals surface area (Å²) >= 11 is 0. The Bertz CT molecular complexity index is 293. The number of carboxylic acid groups (broad SMARTS) is 1. The molecule has 1 unspecified atom stereocenters. The number of urea groups is 1. The van der Waals surface area contributed by atoms with E-state index in [4.69, 9.17) is 9.84 Å². The Hall–Kier alpha value is -1.34. The molecule has 0 fully saturated rings. The summed E-state index contributed by atoms with van der Waals surface area (Å²) in [5.41, 5.74) is -1.03. The zero-order valence-corrected chi connectivity index (χ0v) is 11.3. The lowest BCUT2D eigenvalue weighted by Gasteiger charge is -2.24. The van der Waals surface area contributed by atoms with Crippen molar-refractivity contribution in [1.82, 2.24) is 10.2 Å². The Morgan fingerprint density at radius 3 is 2.44 bits per heavy atom. The molecule has 0 aliphatic carbocycles. The van der Waals surface area contributed by atoms with Crippen LogP contribution in [0.25, 0.3) is 0 Å². The minimum absolute atomic E-state index is 0.0197. The molecule has 3 N–H and O–H groups in total. The minimum Gasteiger partial charge on any atom is -0.481 e. The molecule has 0 aromatic carbocycles. The lowest BCUT2D eigenvalue weighted by atomic mass is 9.94. The molecular formula is C11H22N2O5. The van der Waals surface area contributed by atoms with E-state index < -0.39 is 23.5 Å². The standard InChI is InChI=1S/C11H22N2O5/c1-11(2,9(15)16)7-12-10(17)13(3)5-8(14)6-18-4/h8,14H,5-7H2,1-4H3,(H,12,17)(H,15,16). The van der Waals surface area contributed by atoms with Crippen molar-refractivity contribution in [2.24, 2.45) is 5.41 Å². The number of aliphatic hydroxyl groups excluding tert-OH is 1. The summed E-state index contributed by atoms with van der Waals surface area (Å²) in [6.07, 6.45) is -0.766. The minimum atomic E-state index is -1.03. The first kappa shape index (κ1) is 16.7. The molecule has 18 heavy (non-hydrogen) atoms. The molecule has 106 valence electrons. The number of nitrogens with zero attached hydrogens (tertiary/aromatic N) is 1. The van der Waals surface area contributed by atoms with E-state index in [1.807, 2.05) is 0 Å². The molecule has 0 aliphatic rings. The lowest BCUT2D eigenvalue weighted by Crippen LogP contribution is -2.46. The highest BCUT2D eigenvalue weighted by atomic mass is 16.5. The molecule has 0 rings (SSSR count). The highest BCUT2D eigenvalue weighted by Gasteiger charge is 2.28. The van der Waals surface area contributed by atoms with Gasteiger partial charge in [-0.2, -0.15) is 0 Å². The van der Waals surface area contributed by atoms with Gasteiger partial charge in [0.1, 0.15) is 0 Å². The number of carboxylic acids is 1. The maximum Gasteiger partial charge on any atom is 0.317 e. The van der Waals surface area contributed by atoms with Crippen molar-refractivity contribution >= 4 is 12.0 Å². The monoisotopic (exact) mass is 262 g/mol. The van der Waals surface area contributed by atoms with Gasteiger partial charge in [-0.3, -0.25) is 4.79 Å². The van der Waals surface area contributed by atoms with Crippen LogP contribution in [-0.4, -0.2) is 67.1 Å². The number of methoxy groups -OCH3 is 1. The number of nitrogens with one attached hydrogen (secondary N) is 1. The first-order chi connectivity index (χ1) is 8.20. The number of hydrogen-bond acceptors (Lipinski definition) is 4. The molecular weight excluding hydrogens is 240 g/mol. The zero-order chi connectivity index (χ0) is 14.3. The van der Waals surface area contributed by atoms with Crippen molar-refractivity contribution in [2.45, 2.75) is 20.0 Å². The van der Waals surface area contributed by atoms with E-state index in [0.717, 1.165) is 0 Å². The molecule has 1 atom stereocenters. The van der Waals surface area contributed by atoms with Crippen molar-refractivity contribution in [3.8, 4) is 0 Å². The number of aliphatic carboxylic acids is 1. The quantitative estimate of drug-likeness (QED) is 0.587. The van der Waals surface area contributed by atoms with E-state index in [0.29, 0.717) is 0 Å². The summed E-state index contributed by atoms with van der Waals surface area (Å²) in [7, 11) is 2.97. The van der Waals surface area contributed by atoms with Gasteiger partial charge in [-0.1, -0.05) is 0 Å². The van der Waals surface area contributed by atoms with Crippen LogP contribution < -0.4 is 5.32 Å². The number of rotatable bonds is 7. The second kappa shape index (κ2) is 7.17. The number of aliphatic hydroxyl groups is 1. The summed E-state index contributed by atoms with van der Waals surface area (Å²) in [5.74, 6) is -0.982. The Balaban J connectivity index is 4.13. The van der Waals surface area contributed by atoms with E-state index in [9.17, 15) is 14.7 Å². The Morgan fingerprint density at radius 2 is 2.00 bits per heavy atom. The average molecular weight is 262 g/mol. The average Bonchev–Trinajstić information content (AvgIpc) is 2.25. The van der Waals surface area contributed by atoms with E-state index in [1.54, 1.807) is 0 Å². The molecule has 0 heterocycles. The van der Waals surface area contributed by atoms with Gasteiger partial charge < -0.3 is 25.2 Å². The molecule has 0 saturated carbocycles. The third kappa shape index (κ3) is 5.83. The summed E-state index contributed by atoms with van der Waals surface area (Å²) < 4.78 is 4.74. The fourth-order valence-corrected chi connectivity index (χ4v) is 1.15. The predicted octanol–water partition coefficient (Wildman–Crippen LogP) is -0.254. The molecule has 7 heteroatoms. The largest absolute Gasteiger partial charge is 0.481 e. The highest BCUT2D eigenvalue weighted by Crippen LogP contribution is 2.13. The topological polar surface area (TPSA) is 99.1 Å². The van der Waals surface area contributed by atoms with Crippen molar-refractivity contribution < 1.29 is 24.5 Å². The predicted molar refractivity (Wildman–Crippen MR) is 65.3 cm³/mol. The summed E-state index contributed by atoms with van der Waals surface area (Å²) in [6.45, 7) is 3.32. The zero-order valence-electron chi connectivity index (χ0n) is 11.3. The van der Waals surface area contributed by atoms with Crippen LogP contribution in [0.15, 0.2) is 0 Å². The van der Waals surface area contributed by atoms with Crippen LogP contribution in [0, 0.1) is 5.41 Å². The van der Waals surface area contributed by atoms with E-state index in [-0.39, 0.29) is 19.7 Å². The van der Waals surface area contributed by atoms with Gasteiger partial charge in [0.15, 0.2) is 0 Å². The fourth-order valence-electron chi connectivity index (χ4n) is 1.15. The summed E-state index contributed by atoms with van der Waals surface area (Å²) in [6, 6.07) is -0.431. The second-order valence-corrected chi connectivity index (χ2v) is 4.84. The first-order valence-corrected chi connectivity index (χ1v) is 5.60. The van der Waals surface area contributed by atoms with Crippen LogP contribution in [-0.2, 0) is 9.53 Å². The maximum absolute atomic E-state index is 11.6. The highest BCUT2D eigenvalue weighted by molar-refractivity contribution is 5.77. The van der Waals surface area contributed by atoms with Gasteiger partial charge in [-0.05, 0) is 13.8 Å². The molecule has 7 nitrogen and oxygen atoms in total. The molecule has 0 radical (unpaired) electrons. The molecule has 2 amide bonds. The molecule has 0 aromatic rings. The number of amides is 2. The lowest BCUT2D eigenvalue weighted by molar-refractivity contribution is -0.146. The smallest absolute Gasteiger partial charge is 0.317 e. The maximum atomic E-state index is 11.6. The fraction of sp³-hybridized carbons (Fsp3) is 0.818. The normalized spacial score (nSPS) is 12.9. The van der Waals surface area contributed by atoms with E-state index in [1.165, 1.54) is 32.9 Å². The van der Waals surface area contributed by atoms with Crippen LogP contribution in [0.4, 0.5) is 4.79 Å². The number of ether oxygens (including phenoxy) is 1. The Kier molecular flexibility index (Phi) is 6.64. The van der Waals surface area contributed by atoms with Gasteiger partial charge in [0, 0.05) is 20.7 Å². The molecule has 0 bridgehead atoms. The van der Waals surface area contributed by atoms with Crippen LogP contribution in [0.5, 0.6) is 0 Å². The molecule has 0 spiro atoms. The summed E-state index contributed by atoms with van der Waals surface area (Å²) in [4.78, 5) is 23.7. The van der Waals surface area contributed by atoms with Crippen LogP contribution in [0.3, 0.4) is 0 Å². The number of carbonyl (C=O) groups excluding carboxylic acids is 1. The SMILES string of the molecule is COCC(O)CN(C)C(=O)NCC(C)(C)C(=O)O. The van der Waals surface area contributed by atoms with E-state index >= 15 is 0 Å². The van der Waals surface area contributed by atoms with Gasteiger partial charge in [-0.15, -0.1) is 0 Å². The Labute approximate surface area is 107 Å². The number of likely N-dealkylation sites (N-methyl/N-ethyl adjacent to an activating group) is 1. The number of carbonyl (C=O) groups is 2.